The van der Waals surface area contributed by atoms with Crippen LogP contribution in [0.5, 0.6) is 5.75 Å². The number of nitrogens with zero attached hydrogens (tertiary/aromatic N) is 1. The van der Waals surface area contributed by atoms with E-state index in [0.29, 0.717) is 22.6 Å². The van der Waals surface area contributed by atoms with Gasteiger partial charge in [-0.3, -0.25) is 0 Å². The second-order valence-electron chi connectivity index (χ2n) is 3.92. The predicted octanol–water partition coefficient (Wildman–Crippen LogP) is 3.38. The summed E-state index contributed by atoms with van der Waals surface area (Å²) in [5.41, 5.74) is 1.84. The van der Waals surface area contributed by atoms with E-state index in [1.807, 2.05) is 24.3 Å². The van der Waals surface area contributed by atoms with E-state index in [1.54, 1.807) is 19.2 Å². The molecular weight excluding hydrogens is 231 g/mol. The molecule has 0 atom stereocenters. The molecule has 0 unspecified atom stereocenters. The summed E-state index contributed by atoms with van der Waals surface area (Å²) in [7, 11) is 1.60. The van der Waals surface area contributed by atoms with Crippen LogP contribution < -0.4 is 4.74 Å². The first-order valence-electron chi connectivity index (χ1n) is 5.57. The Balaban J connectivity index is 2.23. The Morgan fingerprint density at radius 1 is 1.11 bits per heavy atom. The van der Waals surface area contributed by atoms with Crippen LogP contribution in [-0.2, 0) is 0 Å². The molecule has 0 radical (unpaired) electrons. The smallest absolute Gasteiger partial charge is 0.151 e. The molecule has 4 heteroatoms. The first-order chi connectivity index (χ1) is 8.79. The highest BCUT2D eigenvalue weighted by Crippen LogP contribution is 2.29. The Morgan fingerprint density at radius 3 is 2.72 bits per heavy atom. The standard InChI is InChI=1S/C14H11FN2O/c1-18-12-8-3-2-5-9(12)14-16-11-7-4-6-10(15)13(11)17-14/h2-8H,1H3,(H,16,17). The maximum absolute atomic E-state index is 13.6. The summed E-state index contributed by atoms with van der Waals surface area (Å²) < 4.78 is 18.9. The first kappa shape index (κ1) is 10.8. The van der Waals surface area contributed by atoms with Gasteiger partial charge in [0.05, 0.1) is 18.2 Å². The van der Waals surface area contributed by atoms with Crippen LogP contribution in [0.3, 0.4) is 0 Å². The molecule has 1 N–H and O–H groups in total. The third kappa shape index (κ3) is 1.62. The van der Waals surface area contributed by atoms with Gasteiger partial charge in [-0.15, -0.1) is 0 Å². The summed E-state index contributed by atoms with van der Waals surface area (Å²) in [5.74, 6) is 0.981. The molecule has 0 spiro atoms. The molecule has 0 saturated carbocycles. The van der Waals surface area contributed by atoms with Crippen LogP contribution in [0.2, 0.25) is 0 Å². The van der Waals surface area contributed by atoms with E-state index in [9.17, 15) is 4.39 Å². The van der Waals surface area contributed by atoms with Crippen molar-refractivity contribution in [1.82, 2.24) is 9.97 Å². The fourth-order valence-electron chi connectivity index (χ4n) is 1.96. The van der Waals surface area contributed by atoms with Crippen LogP contribution in [0.25, 0.3) is 22.4 Å². The lowest BCUT2D eigenvalue weighted by Crippen LogP contribution is -1.88. The maximum Gasteiger partial charge on any atom is 0.151 e. The number of nitrogens with one attached hydrogen (secondary N) is 1. The van der Waals surface area contributed by atoms with E-state index in [0.717, 1.165) is 5.56 Å². The number of fused-ring (bicyclic) bond motifs is 1. The Kier molecular flexibility index (Phi) is 2.48. The van der Waals surface area contributed by atoms with E-state index in [2.05, 4.69) is 9.97 Å². The molecular formula is C14H11FN2O. The van der Waals surface area contributed by atoms with Crippen molar-refractivity contribution >= 4 is 11.0 Å². The quantitative estimate of drug-likeness (QED) is 0.748. The van der Waals surface area contributed by atoms with Crippen molar-refractivity contribution < 1.29 is 9.13 Å². The second kappa shape index (κ2) is 4.14. The van der Waals surface area contributed by atoms with Crippen LogP contribution in [0, 0.1) is 5.82 Å². The number of halogens is 1. The largest absolute Gasteiger partial charge is 0.496 e. The fourth-order valence-corrected chi connectivity index (χ4v) is 1.96. The molecule has 0 fully saturated rings. The van der Waals surface area contributed by atoms with Crippen molar-refractivity contribution in [3.8, 4) is 17.1 Å². The summed E-state index contributed by atoms with van der Waals surface area (Å²) in [6, 6.07) is 12.3. The summed E-state index contributed by atoms with van der Waals surface area (Å²) in [5, 5.41) is 0. The van der Waals surface area contributed by atoms with Crippen molar-refractivity contribution in [2.45, 2.75) is 0 Å². The van der Waals surface area contributed by atoms with Gasteiger partial charge in [0.15, 0.2) is 5.82 Å². The normalized spacial score (nSPS) is 10.8. The third-order valence-corrected chi connectivity index (χ3v) is 2.83. The molecule has 2 aromatic carbocycles. The van der Waals surface area contributed by atoms with Crippen LogP contribution in [0.15, 0.2) is 42.5 Å². The summed E-state index contributed by atoms with van der Waals surface area (Å²) in [6.45, 7) is 0. The monoisotopic (exact) mass is 242 g/mol. The lowest BCUT2D eigenvalue weighted by Gasteiger charge is -2.04. The molecule has 3 rings (SSSR count). The zero-order chi connectivity index (χ0) is 12.5. The van der Waals surface area contributed by atoms with Crippen molar-refractivity contribution in [1.29, 1.82) is 0 Å². The average molecular weight is 242 g/mol. The molecule has 18 heavy (non-hydrogen) atoms. The van der Waals surface area contributed by atoms with Gasteiger partial charge < -0.3 is 9.72 Å². The minimum atomic E-state index is -0.329. The SMILES string of the molecule is COc1ccccc1-c1nc2c(F)cccc2[nH]1. The van der Waals surface area contributed by atoms with Crippen LogP contribution in [-0.4, -0.2) is 17.1 Å². The molecule has 90 valence electrons. The minimum absolute atomic E-state index is 0.329. The number of H-pyrrole nitrogens is 1. The van der Waals surface area contributed by atoms with E-state index in [4.69, 9.17) is 4.74 Å². The van der Waals surface area contributed by atoms with E-state index >= 15 is 0 Å². The fraction of sp³-hybridized carbons (Fsp3) is 0.0714. The molecule has 1 aromatic heterocycles. The third-order valence-electron chi connectivity index (χ3n) is 2.83. The van der Waals surface area contributed by atoms with Crippen LogP contribution in [0.4, 0.5) is 4.39 Å². The van der Waals surface area contributed by atoms with E-state index < -0.39 is 0 Å². The topological polar surface area (TPSA) is 37.9 Å². The highest BCUT2D eigenvalue weighted by atomic mass is 19.1. The number of para-hydroxylation sites is 2. The van der Waals surface area contributed by atoms with Gasteiger partial charge in [0, 0.05) is 0 Å². The summed E-state index contributed by atoms with van der Waals surface area (Å²) >= 11 is 0. The molecule has 3 nitrogen and oxygen atoms in total. The first-order valence-corrected chi connectivity index (χ1v) is 5.57. The number of imidazole rings is 1. The number of hydrogen-bond acceptors (Lipinski definition) is 2. The molecule has 0 saturated heterocycles. The summed E-state index contributed by atoms with van der Waals surface area (Å²) in [6.07, 6.45) is 0. The van der Waals surface area contributed by atoms with Gasteiger partial charge in [-0.1, -0.05) is 18.2 Å². The van der Waals surface area contributed by atoms with Crippen molar-refractivity contribution in [2.75, 3.05) is 7.11 Å². The number of aromatic nitrogens is 2. The lowest BCUT2D eigenvalue weighted by molar-refractivity contribution is 0.416. The highest BCUT2D eigenvalue weighted by molar-refractivity contribution is 5.81. The molecule has 0 aliphatic carbocycles. The average Bonchev–Trinajstić information content (AvgIpc) is 2.84. The van der Waals surface area contributed by atoms with Gasteiger partial charge in [0.1, 0.15) is 17.1 Å². The molecule has 0 amide bonds. The minimum Gasteiger partial charge on any atom is -0.496 e. The zero-order valence-electron chi connectivity index (χ0n) is 9.77. The van der Waals surface area contributed by atoms with Gasteiger partial charge in [0.25, 0.3) is 0 Å². The number of aromatic amines is 1. The maximum atomic E-state index is 13.6. The second-order valence-corrected chi connectivity index (χ2v) is 3.92. The summed E-state index contributed by atoms with van der Waals surface area (Å²) in [4.78, 5) is 7.38. The van der Waals surface area contributed by atoms with Gasteiger partial charge in [-0.05, 0) is 24.3 Å². The number of hydrogen-bond donors (Lipinski definition) is 1. The van der Waals surface area contributed by atoms with Crippen LogP contribution in [0.1, 0.15) is 0 Å². The molecule has 0 bridgehead atoms. The highest BCUT2D eigenvalue weighted by Gasteiger charge is 2.11. The van der Waals surface area contributed by atoms with E-state index in [1.165, 1.54) is 6.07 Å². The Bertz CT molecular complexity index is 706. The van der Waals surface area contributed by atoms with E-state index in [-0.39, 0.29) is 5.82 Å². The number of ether oxygens (including phenoxy) is 1. The van der Waals surface area contributed by atoms with Gasteiger partial charge in [-0.2, -0.15) is 0 Å². The van der Waals surface area contributed by atoms with Crippen molar-refractivity contribution in [2.24, 2.45) is 0 Å². The Hall–Kier alpha value is -2.36. The Labute approximate surface area is 103 Å². The van der Waals surface area contributed by atoms with Crippen molar-refractivity contribution in [3.05, 3.63) is 48.3 Å². The van der Waals surface area contributed by atoms with Gasteiger partial charge in [0.2, 0.25) is 0 Å². The van der Waals surface area contributed by atoms with Gasteiger partial charge in [-0.25, -0.2) is 9.37 Å². The Morgan fingerprint density at radius 2 is 1.94 bits per heavy atom. The van der Waals surface area contributed by atoms with Gasteiger partial charge >= 0.3 is 0 Å². The molecule has 3 aromatic rings. The number of rotatable bonds is 2. The van der Waals surface area contributed by atoms with Crippen LogP contribution >= 0.6 is 0 Å². The molecule has 0 aliphatic rings. The number of methoxy groups -OCH3 is 1. The molecule has 0 aliphatic heterocycles. The predicted molar refractivity (Wildman–Crippen MR) is 68.0 cm³/mol. The van der Waals surface area contributed by atoms with Crippen molar-refractivity contribution in [3.63, 3.8) is 0 Å². The number of benzene rings is 2. The lowest BCUT2D eigenvalue weighted by atomic mass is 10.2. The zero-order valence-corrected chi connectivity index (χ0v) is 9.77. The molecule has 1 heterocycles.